The zero-order chi connectivity index (χ0) is 14.0. The minimum Gasteiger partial charge on any atom is -0.341 e. The highest BCUT2D eigenvalue weighted by Crippen LogP contribution is 2.38. The minimum atomic E-state index is -0.381. The van der Waals surface area contributed by atoms with Gasteiger partial charge in [-0.1, -0.05) is 47.5 Å². The highest BCUT2D eigenvalue weighted by molar-refractivity contribution is 5.82. The Morgan fingerprint density at radius 1 is 1.22 bits per heavy atom. The first-order chi connectivity index (χ1) is 8.25. The summed E-state index contributed by atoms with van der Waals surface area (Å²) in [4.78, 5) is 14.3. The number of carbonyl (C=O) groups is 1. The second-order valence-corrected chi connectivity index (χ2v) is 6.88. The molecule has 0 aromatic carbocycles. The molecule has 3 nitrogen and oxygen atoms in total. The van der Waals surface area contributed by atoms with Crippen LogP contribution in [-0.4, -0.2) is 29.9 Å². The van der Waals surface area contributed by atoms with Crippen molar-refractivity contribution in [3.05, 3.63) is 0 Å². The van der Waals surface area contributed by atoms with E-state index in [1.165, 1.54) is 12.8 Å². The molecule has 1 aliphatic rings. The molecule has 1 atom stereocenters. The fourth-order valence-electron chi connectivity index (χ4n) is 2.73. The number of amides is 1. The number of hydrogen-bond donors (Lipinski definition) is 1. The third-order valence-corrected chi connectivity index (χ3v) is 4.83. The van der Waals surface area contributed by atoms with Gasteiger partial charge in [0, 0.05) is 13.1 Å². The maximum Gasteiger partial charge on any atom is 0.240 e. The lowest BCUT2D eigenvalue weighted by molar-refractivity contribution is -0.137. The van der Waals surface area contributed by atoms with Crippen molar-refractivity contribution in [3.63, 3.8) is 0 Å². The van der Waals surface area contributed by atoms with Gasteiger partial charge in [-0.3, -0.25) is 4.79 Å². The van der Waals surface area contributed by atoms with Gasteiger partial charge < -0.3 is 10.6 Å². The molecule has 0 spiro atoms. The van der Waals surface area contributed by atoms with Crippen molar-refractivity contribution in [2.75, 3.05) is 13.1 Å². The van der Waals surface area contributed by atoms with Crippen LogP contribution in [0, 0.1) is 10.8 Å². The van der Waals surface area contributed by atoms with Gasteiger partial charge in [0.15, 0.2) is 0 Å². The maximum atomic E-state index is 12.3. The van der Waals surface area contributed by atoms with Gasteiger partial charge in [-0.05, 0) is 23.7 Å². The molecular formula is C15H30N2O. The average Bonchev–Trinajstić information content (AvgIpc) is 2.36. The summed E-state index contributed by atoms with van der Waals surface area (Å²) in [6.07, 6.45) is 4.69. The first-order valence-electron chi connectivity index (χ1n) is 7.30. The van der Waals surface area contributed by atoms with Crippen LogP contribution >= 0.6 is 0 Å². The highest BCUT2D eigenvalue weighted by atomic mass is 16.2. The summed E-state index contributed by atoms with van der Waals surface area (Å²) < 4.78 is 0. The largest absolute Gasteiger partial charge is 0.341 e. The van der Waals surface area contributed by atoms with E-state index in [-0.39, 0.29) is 17.4 Å². The Kier molecular flexibility index (Phi) is 4.82. The summed E-state index contributed by atoms with van der Waals surface area (Å²) >= 11 is 0. The van der Waals surface area contributed by atoms with E-state index in [0.717, 1.165) is 25.9 Å². The molecule has 1 amide bonds. The van der Waals surface area contributed by atoms with Crippen LogP contribution in [0.4, 0.5) is 0 Å². The standard InChI is InChI=1S/C15H30N2O/c1-6-15(7-2)8-10-17(11-9-15)13(18)12(16)14(3,4)5/h12H,6-11,16H2,1-5H3. The van der Waals surface area contributed by atoms with Gasteiger partial charge in [-0.25, -0.2) is 0 Å². The highest BCUT2D eigenvalue weighted by Gasteiger charge is 2.36. The van der Waals surface area contributed by atoms with Crippen molar-refractivity contribution in [2.24, 2.45) is 16.6 Å². The SMILES string of the molecule is CCC1(CC)CCN(C(=O)C(N)C(C)(C)C)CC1. The molecular weight excluding hydrogens is 224 g/mol. The Labute approximate surface area is 112 Å². The first-order valence-corrected chi connectivity index (χ1v) is 7.30. The molecule has 1 saturated heterocycles. The molecule has 0 bridgehead atoms. The van der Waals surface area contributed by atoms with E-state index in [0.29, 0.717) is 5.41 Å². The van der Waals surface area contributed by atoms with Crippen LogP contribution in [0.1, 0.15) is 60.3 Å². The van der Waals surface area contributed by atoms with Gasteiger partial charge in [-0.15, -0.1) is 0 Å². The zero-order valence-corrected chi connectivity index (χ0v) is 12.8. The van der Waals surface area contributed by atoms with Crippen LogP contribution in [0.2, 0.25) is 0 Å². The van der Waals surface area contributed by atoms with E-state index in [2.05, 4.69) is 13.8 Å². The summed E-state index contributed by atoms with van der Waals surface area (Å²) in [6, 6.07) is -0.381. The van der Waals surface area contributed by atoms with Crippen LogP contribution in [0.5, 0.6) is 0 Å². The molecule has 0 aromatic heterocycles. The fraction of sp³-hybridized carbons (Fsp3) is 0.933. The Morgan fingerprint density at radius 2 is 1.67 bits per heavy atom. The summed E-state index contributed by atoms with van der Waals surface area (Å²) in [7, 11) is 0. The van der Waals surface area contributed by atoms with Crippen molar-refractivity contribution in [3.8, 4) is 0 Å². The van der Waals surface area contributed by atoms with E-state index in [4.69, 9.17) is 5.73 Å². The molecule has 0 aliphatic carbocycles. The van der Waals surface area contributed by atoms with Crippen LogP contribution in [0.25, 0.3) is 0 Å². The van der Waals surface area contributed by atoms with Crippen LogP contribution < -0.4 is 5.73 Å². The van der Waals surface area contributed by atoms with E-state index < -0.39 is 0 Å². The predicted molar refractivity (Wildman–Crippen MR) is 76.3 cm³/mol. The van der Waals surface area contributed by atoms with Gasteiger partial charge in [0.05, 0.1) is 6.04 Å². The molecule has 18 heavy (non-hydrogen) atoms. The molecule has 1 fully saturated rings. The Hall–Kier alpha value is -0.570. The average molecular weight is 254 g/mol. The van der Waals surface area contributed by atoms with E-state index in [1.54, 1.807) is 0 Å². The molecule has 2 N–H and O–H groups in total. The van der Waals surface area contributed by atoms with Crippen LogP contribution in [0.3, 0.4) is 0 Å². The zero-order valence-electron chi connectivity index (χ0n) is 12.8. The van der Waals surface area contributed by atoms with E-state index >= 15 is 0 Å². The van der Waals surface area contributed by atoms with Crippen LogP contribution in [0.15, 0.2) is 0 Å². The lowest BCUT2D eigenvalue weighted by Gasteiger charge is -2.42. The summed E-state index contributed by atoms with van der Waals surface area (Å²) in [6.45, 7) is 12.4. The third-order valence-electron chi connectivity index (χ3n) is 4.83. The number of nitrogens with zero attached hydrogens (tertiary/aromatic N) is 1. The third kappa shape index (κ3) is 3.25. The molecule has 0 saturated carbocycles. The van der Waals surface area contributed by atoms with Gasteiger partial charge in [0.1, 0.15) is 0 Å². The summed E-state index contributed by atoms with van der Waals surface area (Å²) in [5.74, 6) is 0.128. The molecule has 1 heterocycles. The number of hydrogen-bond acceptors (Lipinski definition) is 2. The minimum absolute atomic E-state index is 0.128. The number of nitrogens with two attached hydrogens (primary N) is 1. The summed E-state index contributed by atoms with van der Waals surface area (Å²) in [5, 5.41) is 0. The topological polar surface area (TPSA) is 46.3 Å². The first kappa shape index (κ1) is 15.5. The molecule has 106 valence electrons. The lowest BCUT2D eigenvalue weighted by atomic mass is 9.74. The number of likely N-dealkylation sites (tertiary alicyclic amines) is 1. The predicted octanol–water partition coefficient (Wildman–Crippen LogP) is 2.79. The van der Waals surface area contributed by atoms with Gasteiger partial charge in [-0.2, -0.15) is 0 Å². The molecule has 0 aromatic rings. The molecule has 1 unspecified atom stereocenters. The van der Waals surface area contributed by atoms with Crippen molar-refractivity contribution >= 4 is 5.91 Å². The maximum absolute atomic E-state index is 12.3. The van der Waals surface area contributed by atoms with E-state index in [1.807, 2.05) is 25.7 Å². The number of carbonyl (C=O) groups excluding carboxylic acids is 1. The van der Waals surface area contributed by atoms with Crippen molar-refractivity contribution in [2.45, 2.75) is 66.3 Å². The lowest BCUT2D eigenvalue weighted by Crippen LogP contribution is -2.53. The van der Waals surface area contributed by atoms with Gasteiger partial charge in [0.2, 0.25) is 5.91 Å². The molecule has 1 aliphatic heterocycles. The number of piperidine rings is 1. The smallest absolute Gasteiger partial charge is 0.240 e. The second-order valence-electron chi connectivity index (χ2n) is 6.88. The fourth-order valence-corrected chi connectivity index (χ4v) is 2.73. The summed E-state index contributed by atoms with van der Waals surface area (Å²) in [5.41, 5.74) is 6.38. The molecule has 0 radical (unpaired) electrons. The van der Waals surface area contributed by atoms with Crippen molar-refractivity contribution < 1.29 is 4.79 Å². The number of rotatable bonds is 3. The molecule has 3 heteroatoms. The molecule has 1 rings (SSSR count). The van der Waals surface area contributed by atoms with Crippen molar-refractivity contribution in [1.82, 2.24) is 4.90 Å². The quantitative estimate of drug-likeness (QED) is 0.842. The Bertz CT molecular complexity index is 279. The van der Waals surface area contributed by atoms with Gasteiger partial charge in [0.25, 0.3) is 0 Å². The monoisotopic (exact) mass is 254 g/mol. The van der Waals surface area contributed by atoms with Crippen LogP contribution in [-0.2, 0) is 4.79 Å². The second kappa shape index (κ2) is 5.60. The van der Waals surface area contributed by atoms with Gasteiger partial charge >= 0.3 is 0 Å². The normalized spacial score (nSPS) is 21.8. The van der Waals surface area contributed by atoms with E-state index in [9.17, 15) is 4.79 Å². The Morgan fingerprint density at radius 3 is 2.00 bits per heavy atom. The Balaban J connectivity index is 2.61. The van der Waals surface area contributed by atoms with Crippen molar-refractivity contribution in [1.29, 1.82) is 0 Å².